The second-order valence-corrected chi connectivity index (χ2v) is 10.7. The van der Waals surface area contributed by atoms with Crippen molar-refractivity contribution in [1.29, 1.82) is 0 Å². The maximum absolute atomic E-state index is 12.8. The van der Waals surface area contributed by atoms with Crippen molar-refractivity contribution in [3.63, 3.8) is 0 Å². The SMILES string of the molecule is COc1cccc(NC(=O)Nc2cccc(-c3nc4ccccn4c3-c3ccnc(Nc4cccc(N5CCOCC5)c4)n3)c2)c1. The minimum absolute atomic E-state index is 0.371. The molecule has 0 unspecified atom stereocenters. The van der Waals surface area contributed by atoms with Crippen LogP contribution in [-0.2, 0) is 4.74 Å². The van der Waals surface area contributed by atoms with Crippen molar-refractivity contribution in [2.24, 2.45) is 0 Å². The Labute approximate surface area is 265 Å². The third-order valence-electron chi connectivity index (χ3n) is 7.63. The van der Waals surface area contributed by atoms with Crippen molar-refractivity contribution >= 4 is 40.4 Å². The number of fused-ring (bicyclic) bond motifs is 1. The van der Waals surface area contributed by atoms with E-state index < -0.39 is 0 Å². The average Bonchev–Trinajstić information content (AvgIpc) is 3.49. The zero-order valence-electron chi connectivity index (χ0n) is 25.2. The molecule has 0 bridgehead atoms. The molecule has 1 aliphatic rings. The van der Waals surface area contributed by atoms with Gasteiger partial charge < -0.3 is 30.3 Å². The fourth-order valence-corrected chi connectivity index (χ4v) is 5.46. The van der Waals surface area contributed by atoms with Gasteiger partial charge in [-0.25, -0.2) is 19.7 Å². The van der Waals surface area contributed by atoms with Crippen molar-refractivity contribution in [2.45, 2.75) is 0 Å². The Bertz CT molecular complexity index is 2000. The fraction of sp³-hybridized carbons (Fsp3) is 0.143. The molecule has 2 amide bonds. The Morgan fingerprint density at radius 3 is 2.46 bits per heavy atom. The van der Waals surface area contributed by atoms with Gasteiger partial charge in [0.2, 0.25) is 5.95 Å². The van der Waals surface area contributed by atoms with Crippen LogP contribution in [0.1, 0.15) is 0 Å². The fourth-order valence-electron chi connectivity index (χ4n) is 5.46. The number of ether oxygens (including phenoxy) is 2. The Balaban J connectivity index is 1.17. The summed E-state index contributed by atoms with van der Waals surface area (Å²) in [6.45, 7) is 3.16. The summed E-state index contributed by atoms with van der Waals surface area (Å²) in [5, 5.41) is 9.15. The number of urea groups is 1. The lowest BCUT2D eigenvalue weighted by Gasteiger charge is -2.29. The number of anilines is 5. The van der Waals surface area contributed by atoms with Crippen LogP contribution >= 0.6 is 0 Å². The number of benzene rings is 3. The highest BCUT2D eigenvalue weighted by molar-refractivity contribution is 6.00. The van der Waals surface area contributed by atoms with Gasteiger partial charge in [-0.15, -0.1) is 0 Å². The number of morpholine rings is 1. The Morgan fingerprint density at radius 2 is 1.61 bits per heavy atom. The first kappa shape index (κ1) is 28.8. The molecular weight excluding hydrogens is 580 g/mol. The van der Waals surface area contributed by atoms with Crippen LogP contribution in [0.2, 0.25) is 0 Å². The number of aromatic nitrogens is 4. The van der Waals surface area contributed by atoms with Crippen LogP contribution < -0.4 is 25.6 Å². The van der Waals surface area contributed by atoms with E-state index in [0.29, 0.717) is 28.8 Å². The lowest BCUT2D eigenvalue weighted by atomic mass is 10.1. The molecule has 11 nitrogen and oxygen atoms in total. The molecule has 0 radical (unpaired) electrons. The first-order valence-corrected chi connectivity index (χ1v) is 15.0. The molecule has 46 heavy (non-hydrogen) atoms. The molecule has 0 saturated carbocycles. The van der Waals surface area contributed by atoms with E-state index in [-0.39, 0.29) is 6.03 Å². The smallest absolute Gasteiger partial charge is 0.323 e. The second kappa shape index (κ2) is 13.0. The molecule has 4 heterocycles. The van der Waals surface area contributed by atoms with Crippen molar-refractivity contribution in [1.82, 2.24) is 19.4 Å². The van der Waals surface area contributed by atoms with E-state index in [1.54, 1.807) is 25.4 Å². The van der Waals surface area contributed by atoms with E-state index in [4.69, 9.17) is 19.4 Å². The zero-order chi connectivity index (χ0) is 31.3. The van der Waals surface area contributed by atoms with E-state index in [2.05, 4.69) is 38.0 Å². The van der Waals surface area contributed by atoms with Crippen molar-refractivity contribution in [2.75, 3.05) is 54.3 Å². The molecular formula is C35H32N8O3. The van der Waals surface area contributed by atoms with E-state index in [9.17, 15) is 4.79 Å². The number of carbonyl (C=O) groups is 1. The van der Waals surface area contributed by atoms with Gasteiger partial charge in [0.1, 0.15) is 11.4 Å². The molecule has 3 aromatic carbocycles. The number of pyridine rings is 1. The lowest BCUT2D eigenvalue weighted by molar-refractivity contribution is 0.122. The average molecular weight is 613 g/mol. The van der Waals surface area contributed by atoms with Gasteiger partial charge in [-0.3, -0.25) is 4.40 Å². The molecule has 230 valence electrons. The van der Waals surface area contributed by atoms with Gasteiger partial charge in [0.25, 0.3) is 0 Å². The summed E-state index contributed by atoms with van der Waals surface area (Å²) in [6.07, 6.45) is 3.70. The van der Waals surface area contributed by atoms with Gasteiger partial charge in [0.15, 0.2) is 0 Å². The highest BCUT2D eigenvalue weighted by Gasteiger charge is 2.19. The van der Waals surface area contributed by atoms with Crippen molar-refractivity contribution in [3.8, 4) is 28.4 Å². The normalized spacial score (nSPS) is 12.9. The molecule has 3 N–H and O–H groups in total. The molecule has 0 atom stereocenters. The third-order valence-corrected chi connectivity index (χ3v) is 7.63. The molecule has 1 aliphatic heterocycles. The molecule has 1 saturated heterocycles. The largest absolute Gasteiger partial charge is 0.497 e. The molecule has 7 rings (SSSR count). The first-order chi connectivity index (χ1) is 22.6. The Kier molecular flexibility index (Phi) is 8.12. The van der Waals surface area contributed by atoms with E-state index >= 15 is 0 Å². The van der Waals surface area contributed by atoms with Crippen LogP contribution in [-0.4, -0.2) is 58.8 Å². The van der Waals surface area contributed by atoms with Crippen LogP contribution in [0.3, 0.4) is 0 Å². The predicted octanol–water partition coefficient (Wildman–Crippen LogP) is 6.69. The van der Waals surface area contributed by atoms with Crippen LogP contribution in [0.5, 0.6) is 5.75 Å². The Morgan fingerprint density at radius 1 is 0.826 bits per heavy atom. The third kappa shape index (κ3) is 6.30. The summed E-state index contributed by atoms with van der Waals surface area (Å²) in [6, 6.07) is 30.4. The number of carbonyl (C=O) groups excluding carboxylic acids is 1. The van der Waals surface area contributed by atoms with Crippen LogP contribution in [0.25, 0.3) is 28.3 Å². The number of nitrogens with one attached hydrogen (secondary N) is 3. The minimum Gasteiger partial charge on any atom is -0.497 e. The van der Waals surface area contributed by atoms with Gasteiger partial charge >= 0.3 is 6.03 Å². The van der Waals surface area contributed by atoms with Crippen molar-refractivity contribution < 1.29 is 14.3 Å². The van der Waals surface area contributed by atoms with Gasteiger partial charge in [-0.05, 0) is 60.7 Å². The summed E-state index contributed by atoms with van der Waals surface area (Å²) < 4.78 is 12.8. The quantitative estimate of drug-likeness (QED) is 0.174. The minimum atomic E-state index is -0.371. The number of rotatable bonds is 8. The topological polar surface area (TPSA) is 118 Å². The summed E-state index contributed by atoms with van der Waals surface area (Å²) in [4.78, 5) is 29.5. The molecule has 0 spiro atoms. The molecule has 0 aliphatic carbocycles. The number of hydrogen-bond donors (Lipinski definition) is 3. The highest BCUT2D eigenvalue weighted by atomic mass is 16.5. The molecule has 1 fully saturated rings. The Hall–Kier alpha value is -5.94. The van der Waals surface area contributed by atoms with E-state index in [1.165, 1.54) is 0 Å². The van der Waals surface area contributed by atoms with E-state index in [1.807, 2.05) is 83.4 Å². The van der Waals surface area contributed by atoms with Gasteiger partial charge in [0.05, 0.1) is 37.4 Å². The highest BCUT2D eigenvalue weighted by Crippen LogP contribution is 2.34. The summed E-state index contributed by atoms with van der Waals surface area (Å²) in [5.74, 6) is 1.13. The monoisotopic (exact) mass is 612 g/mol. The number of amides is 2. The number of nitrogens with zero attached hydrogens (tertiary/aromatic N) is 5. The molecule has 3 aromatic heterocycles. The number of imidazole rings is 1. The van der Waals surface area contributed by atoms with Gasteiger partial charge in [0, 0.05) is 59.9 Å². The maximum atomic E-state index is 12.8. The predicted molar refractivity (Wildman–Crippen MR) is 180 cm³/mol. The van der Waals surface area contributed by atoms with E-state index in [0.717, 1.165) is 60.3 Å². The van der Waals surface area contributed by atoms with Gasteiger partial charge in [-0.1, -0.05) is 30.3 Å². The summed E-state index contributed by atoms with van der Waals surface area (Å²) in [7, 11) is 1.59. The zero-order valence-corrected chi connectivity index (χ0v) is 25.2. The standard InChI is InChI=1S/C35H32N8O3/c1-45-29-12-6-10-27(23-29)39-35(44)38-25-8-4-7-24(21-25)32-33(43-16-3-2-13-31(43)41-32)30-14-15-36-34(40-30)37-26-9-5-11-28(22-26)42-17-19-46-20-18-42/h2-16,21-23H,17-20H2,1H3,(H,36,37,40)(H2,38,39,44). The molecule has 11 heteroatoms. The number of methoxy groups -OCH3 is 1. The lowest BCUT2D eigenvalue weighted by Crippen LogP contribution is -2.36. The summed E-state index contributed by atoms with van der Waals surface area (Å²) >= 11 is 0. The van der Waals surface area contributed by atoms with Crippen molar-refractivity contribution in [3.05, 3.63) is 109 Å². The van der Waals surface area contributed by atoms with Gasteiger partial charge in [-0.2, -0.15) is 0 Å². The first-order valence-electron chi connectivity index (χ1n) is 15.0. The second-order valence-electron chi connectivity index (χ2n) is 10.7. The van der Waals surface area contributed by atoms with Crippen LogP contribution in [0.15, 0.2) is 109 Å². The maximum Gasteiger partial charge on any atom is 0.323 e. The summed E-state index contributed by atoms with van der Waals surface area (Å²) in [5.41, 5.74) is 7.08. The molecule has 6 aromatic rings. The van der Waals surface area contributed by atoms with Crippen LogP contribution in [0, 0.1) is 0 Å². The number of hydrogen-bond acceptors (Lipinski definition) is 8. The van der Waals surface area contributed by atoms with Crippen LogP contribution in [0.4, 0.5) is 33.5 Å².